The lowest BCUT2D eigenvalue weighted by molar-refractivity contribution is -0.139. The molecule has 7 heteroatoms. The first-order chi connectivity index (χ1) is 8.86. The minimum absolute atomic E-state index is 0.107. The van der Waals surface area contributed by atoms with Gasteiger partial charge in [0.1, 0.15) is 11.0 Å². The van der Waals surface area contributed by atoms with Gasteiger partial charge < -0.3 is 5.32 Å². The number of alkyl halides is 3. The van der Waals surface area contributed by atoms with Gasteiger partial charge in [0.15, 0.2) is 0 Å². The summed E-state index contributed by atoms with van der Waals surface area (Å²) in [6.07, 6.45) is -3.34. The number of halogens is 5. The first-order valence-electron chi connectivity index (χ1n) is 5.11. The molecule has 2 aromatic rings. The van der Waals surface area contributed by atoms with E-state index in [0.29, 0.717) is 11.8 Å². The molecule has 0 aliphatic rings. The zero-order valence-corrected chi connectivity index (χ0v) is 10.1. The van der Waals surface area contributed by atoms with E-state index in [1.807, 2.05) is 0 Å². The van der Waals surface area contributed by atoms with Gasteiger partial charge in [-0.05, 0) is 30.3 Å². The Morgan fingerprint density at radius 1 is 1.05 bits per heavy atom. The Kier molecular flexibility index (Phi) is 3.61. The van der Waals surface area contributed by atoms with Crippen LogP contribution in [-0.4, -0.2) is 4.98 Å². The normalized spacial score (nSPS) is 11.4. The Morgan fingerprint density at radius 3 is 2.37 bits per heavy atom. The summed E-state index contributed by atoms with van der Waals surface area (Å²) in [6.45, 7) is 0. The van der Waals surface area contributed by atoms with Gasteiger partial charge in [-0.25, -0.2) is 9.37 Å². The van der Waals surface area contributed by atoms with Gasteiger partial charge in [0.05, 0.1) is 5.56 Å². The van der Waals surface area contributed by atoms with E-state index < -0.39 is 17.6 Å². The van der Waals surface area contributed by atoms with E-state index in [2.05, 4.69) is 10.3 Å². The van der Waals surface area contributed by atoms with Crippen LogP contribution in [0.1, 0.15) is 5.56 Å². The van der Waals surface area contributed by atoms with Crippen molar-refractivity contribution in [2.24, 2.45) is 0 Å². The summed E-state index contributed by atoms with van der Waals surface area (Å²) in [5, 5.41) is 2.89. The fraction of sp³-hybridized carbons (Fsp3) is 0.0833. The molecule has 0 aliphatic carbocycles. The van der Waals surface area contributed by atoms with Crippen molar-refractivity contribution in [2.75, 3.05) is 5.32 Å². The molecule has 0 saturated carbocycles. The topological polar surface area (TPSA) is 24.9 Å². The average molecular weight is 291 g/mol. The largest absolute Gasteiger partial charge is 0.419 e. The molecular weight excluding hydrogens is 284 g/mol. The number of rotatable bonds is 2. The van der Waals surface area contributed by atoms with Gasteiger partial charge in [-0.15, -0.1) is 0 Å². The van der Waals surface area contributed by atoms with Crippen molar-refractivity contribution in [3.63, 3.8) is 0 Å². The number of hydrogen-bond acceptors (Lipinski definition) is 2. The molecular formula is C12H7ClF4N2. The van der Waals surface area contributed by atoms with Crippen molar-refractivity contribution in [1.29, 1.82) is 0 Å². The Morgan fingerprint density at radius 2 is 1.74 bits per heavy atom. The molecule has 0 atom stereocenters. The number of nitrogens with one attached hydrogen (secondary N) is 1. The molecule has 2 nitrogen and oxygen atoms in total. The summed E-state index contributed by atoms with van der Waals surface area (Å²) in [6, 6.07) is 5.64. The van der Waals surface area contributed by atoms with Crippen LogP contribution in [0.3, 0.4) is 0 Å². The maximum atomic E-state index is 13.1. The van der Waals surface area contributed by atoms with E-state index in [9.17, 15) is 17.6 Å². The van der Waals surface area contributed by atoms with Crippen LogP contribution in [0.2, 0.25) is 5.15 Å². The monoisotopic (exact) mass is 290 g/mol. The minimum Gasteiger partial charge on any atom is -0.355 e. The zero-order chi connectivity index (χ0) is 14.0. The number of pyridine rings is 1. The van der Waals surface area contributed by atoms with E-state index in [1.54, 1.807) is 0 Å². The first kappa shape index (κ1) is 13.6. The van der Waals surface area contributed by atoms with Gasteiger partial charge in [-0.1, -0.05) is 11.6 Å². The summed E-state index contributed by atoms with van der Waals surface area (Å²) >= 11 is 5.65. The lowest BCUT2D eigenvalue weighted by atomic mass is 10.1. The number of hydrogen-bond donors (Lipinski definition) is 1. The van der Waals surface area contributed by atoms with Crippen LogP contribution in [-0.2, 0) is 6.18 Å². The van der Waals surface area contributed by atoms with Crippen molar-refractivity contribution < 1.29 is 17.6 Å². The maximum Gasteiger partial charge on any atom is 0.419 e. The summed E-state index contributed by atoms with van der Waals surface area (Å²) in [5.74, 6) is -1.31. The molecule has 1 aromatic carbocycles. The van der Waals surface area contributed by atoms with E-state index in [0.717, 1.165) is 6.07 Å². The summed E-state index contributed by atoms with van der Waals surface area (Å²) < 4.78 is 50.7. The molecule has 0 unspecified atom stereocenters. The molecule has 1 aromatic heterocycles. The fourth-order valence-electron chi connectivity index (χ4n) is 1.47. The van der Waals surface area contributed by atoms with Gasteiger partial charge in [-0.2, -0.15) is 13.2 Å². The van der Waals surface area contributed by atoms with Crippen LogP contribution in [0, 0.1) is 5.82 Å². The first-order valence-corrected chi connectivity index (χ1v) is 5.49. The molecule has 0 bridgehead atoms. The van der Waals surface area contributed by atoms with Crippen molar-refractivity contribution in [2.45, 2.75) is 6.18 Å². The number of nitrogens with zero attached hydrogens (tertiary/aromatic N) is 1. The Hall–Kier alpha value is -1.82. The van der Waals surface area contributed by atoms with Crippen molar-refractivity contribution >= 4 is 23.0 Å². The molecule has 2 rings (SSSR count). The van der Waals surface area contributed by atoms with Crippen molar-refractivity contribution in [3.8, 4) is 0 Å². The highest BCUT2D eigenvalue weighted by molar-refractivity contribution is 6.29. The third kappa shape index (κ3) is 3.35. The Bertz CT molecular complexity index is 599. The van der Waals surface area contributed by atoms with Crippen LogP contribution in [0.25, 0.3) is 0 Å². The molecule has 0 radical (unpaired) electrons. The SMILES string of the molecule is Fc1ccc(Nc2ccnc(Cl)c2)cc1C(F)(F)F. The molecule has 0 spiro atoms. The van der Waals surface area contributed by atoms with E-state index >= 15 is 0 Å². The second-order valence-electron chi connectivity index (χ2n) is 3.68. The van der Waals surface area contributed by atoms with Crippen molar-refractivity contribution in [3.05, 3.63) is 53.1 Å². The highest BCUT2D eigenvalue weighted by Gasteiger charge is 2.34. The predicted molar refractivity (Wildman–Crippen MR) is 63.9 cm³/mol. The minimum atomic E-state index is -4.74. The fourth-order valence-corrected chi connectivity index (χ4v) is 1.64. The van der Waals surface area contributed by atoms with Crippen molar-refractivity contribution in [1.82, 2.24) is 4.98 Å². The van der Waals surface area contributed by atoms with Gasteiger partial charge in [0, 0.05) is 17.6 Å². The van der Waals surface area contributed by atoms with Gasteiger partial charge in [0.2, 0.25) is 0 Å². The molecule has 1 N–H and O–H groups in total. The van der Waals surface area contributed by atoms with Crippen LogP contribution in [0.15, 0.2) is 36.5 Å². The van der Waals surface area contributed by atoms with Crippen LogP contribution >= 0.6 is 11.6 Å². The predicted octanol–water partition coefficient (Wildman–Crippen LogP) is 4.64. The summed E-state index contributed by atoms with van der Waals surface area (Å²) in [7, 11) is 0. The number of anilines is 2. The zero-order valence-electron chi connectivity index (χ0n) is 9.30. The number of benzene rings is 1. The third-order valence-electron chi connectivity index (χ3n) is 2.29. The van der Waals surface area contributed by atoms with Crippen LogP contribution in [0.5, 0.6) is 0 Å². The van der Waals surface area contributed by atoms with Gasteiger partial charge in [0.25, 0.3) is 0 Å². The highest BCUT2D eigenvalue weighted by atomic mass is 35.5. The third-order valence-corrected chi connectivity index (χ3v) is 2.49. The molecule has 0 saturated heterocycles. The smallest absolute Gasteiger partial charge is 0.355 e. The number of aromatic nitrogens is 1. The molecule has 0 amide bonds. The highest BCUT2D eigenvalue weighted by Crippen LogP contribution is 2.33. The second-order valence-corrected chi connectivity index (χ2v) is 4.07. The van der Waals surface area contributed by atoms with Crippen LogP contribution < -0.4 is 5.32 Å². The maximum absolute atomic E-state index is 13.1. The van der Waals surface area contributed by atoms with E-state index in [4.69, 9.17) is 11.6 Å². The quantitative estimate of drug-likeness (QED) is 0.644. The Balaban J connectivity index is 2.32. The molecule has 19 heavy (non-hydrogen) atoms. The summed E-state index contributed by atoms with van der Waals surface area (Å²) in [5.41, 5.74) is -0.756. The molecule has 0 aliphatic heterocycles. The summed E-state index contributed by atoms with van der Waals surface area (Å²) in [4.78, 5) is 3.74. The van der Waals surface area contributed by atoms with E-state index in [1.165, 1.54) is 24.4 Å². The van der Waals surface area contributed by atoms with Crippen LogP contribution in [0.4, 0.5) is 28.9 Å². The van der Waals surface area contributed by atoms with Gasteiger partial charge in [-0.3, -0.25) is 0 Å². The average Bonchev–Trinajstić information content (AvgIpc) is 2.30. The molecule has 100 valence electrons. The van der Waals surface area contributed by atoms with Gasteiger partial charge >= 0.3 is 6.18 Å². The van der Waals surface area contributed by atoms with E-state index in [-0.39, 0.29) is 10.8 Å². The second kappa shape index (κ2) is 5.05. The lowest BCUT2D eigenvalue weighted by Gasteiger charge is -2.11. The molecule has 0 fully saturated rings. The standard InChI is InChI=1S/C12H7ClF4N2/c13-11-6-8(3-4-18-11)19-7-1-2-10(14)9(5-7)12(15,16)17/h1-6H,(H,18,19). The Labute approximate surface area is 111 Å². The molecule has 1 heterocycles. The lowest BCUT2D eigenvalue weighted by Crippen LogP contribution is -2.08.